The molecule has 2 heterocycles. The largest absolute Gasteiger partial charge is 0.487 e. The molecule has 1 unspecified atom stereocenters. The lowest BCUT2D eigenvalue weighted by atomic mass is 9.95. The molecular formula is C33H29N5O4S2. The number of rotatable bonds is 12. The Labute approximate surface area is 259 Å². The number of benzene rings is 4. The van der Waals surface area contributed by atoms with Gasteiger partial charge >= 0.3 is 0 Å². The van der Waals surface area contributed by atoms with Gasteiger partial charge in [0.2, 0.25) is 4.34 Å². The predicted octanol–water partition coefficient (Wildman–Crippen LogP) is 6.17. The standard InChI is InChI=1S/C33H29N5O4S2/c34-44(39,40)33-35-29-19-18-28(21-30(29)43-33)42-23-27-22-38(37-36-27)31(25-14-6-2-7-15-25)32(26-16-8-3-9-17-26)41-20-10-13-24-11-4-1-5-12-24/h1-19,21-22,31-32H,20,23H2,(H2,34,39,40)/t31?,32-/m0/s1. The third-order valence-electron chi connectivity index (χ3n) is 6.85. The van der Waals surface area contributed by atoms with E-state index in [1.165, 1.54) is 0 Å². The number of nitrogens with zero attached hydrogens (tertiary/aromatic N) is 4. The van der Waals surface area contributed by atoms with Crippen LogP contribution < -0.4 is 9.88 Å². The maximum atomic E-state index is 11.7. The highest BCUT2D eigenvalue weighted by Crippen LogP contribution is 2.35. The van der Waals surface area contributed by atoms with Crippen LogP contribution in [0, 0.1) is 0 Å². The molecule has 9 nitrogen and oxygen atoms in total. The molecule has 0 saturated carbocycles. The van der Waals surface area contributed by atoms with E-state index >= 15 is 0 Å². The van der Waals surface area contributed by atoms with Crippen LogP contribution in [0.15, 0.2) is 126 Å². The number of nitrogens with two attached hydrogens (primary N) is 1. The van der Waals surface area contributed by atoms with Gasteiger partial charge < -0.3 is 9.47 Å². The smallest absolute Gasteiger partial charge is 0.265 e. The van der Waals surface area contributed by atoms with E-state index in [9.17, 15) is 8.42 Å². The number of sulfonamides is 1. The first-order valence-electron chi connectivity index (χ1n) is 13.8. The van der Waals surface area contributed by atoms with Crippen LogP contribution in [0.25, 0.3) is 16.3 Å². The summed E-state index contributed by atoms with van der Waals surface area (Å²) in [7, 11) is -3.88. The van der Waals surface area contributed by atoms with Crippen molar-refractivity contribution >= 4 is 37.7 Å². The highest BCUT2D eigenvalue weighted by Gasteiger charge is 2.28. The lowest BCUT2D eigenvalue weighted by Crippen LogP contribution is -2.22. The second-order valence-corrected chi connectivity index (χ2v) is 12.7. The van der Waals surface area contributed by atoms with Gasteiger partial charge in [-0.3, -0.25) is 0 Å². The van der Waals surface area contributed by atoms with E-state index in [1.807, 2.05) is 89.8 Å². The summed E-state index contributed by atoms with van der Waals surface area (Å²) in [5.41, 5.74) is 4.30. The predicted molar refractivity (Wildman–Crippen MR) is 171 cm³/mol. The first-order chi connectivity index (χ1) is 21.4. The van der Waals surface area contributed by atoms with Crippen LogP contribution in [0.2, 0.25) is 0 Å². The van der Waals surface area contributed by atoms with Crippen molar-refractivity contribution in [1.82, 2.24) is 20.0 Å². The molecule has 2 atom stereocenters. The molecule has 0 aliphatic heterocycles. The van der Waals surface area contributed by atoms with Gasteiger partial charge in [-0.1, -0.05) is 108 Å². The molecule has 0 aliphatic carbocycles. The molecule has 2 N–H and O–H groups in total. The van der Waals surface area contributed by atoms with Crippen molar-refractivity contribution in [2.45, 2.75) is 23.1 Å². The number of hydrogen-bond donors (Lipinski definition) is 1. The molecule has 0 aliphatic rings. The Balaban J connectivity index is 1.24. The fraction of sp³-hybridized carbons (Fsp3) is 0.121. The Bertz CT molecular complexity index is 1960. The second kappa shape index (κ2) is 13.3. The number of ether oxygens (including phenoxy) is 2. The Morgan fingerprint density at radius 3 is 2.27 bits per heavy atom. The number of primary sulfonamides is 1. The third kappa shape index (κ3) is 7.09. The average molecular weight is 624 g/mol. The second-order valence-electron chi connectivity index (χ2n) is 9.97. The summed E-state index contributed by atoms with van der Waals surface area (Å²) in [4.78, 5) is 4.09. The van der Waals surface area contributed by atoms with Gasteiger partial charge in [-0.25, -0.2) is 23.2 Å². The SMILES string of the molecule is NS(=O)(=O)c1nc2ccc(OCc3cn(C(c4ccccc4)[C@@H](OCC=Cc4ccccc4)c4ccccc4)nn3)cc2s1. The number of hydrogen-bond acceptors (Lipinski definition) is 8. The summed E-state index contributed by atoms with van der Waals surface area (Å²) in [5.74, 6) is 0.548. The van der Waals surface area contributed by atoms with Gasteiger partial charge in [-0.2, -0.15) is 0 Å². The molecule has 0 radical (unpaired) electrons. The monoisotopic (exact) mass is 623 g/mol. The Hall–Kier alpha value is -4.68. The Kier molecular flexibility index (Phi) is 8.89. The minimum Gasteiger partial charge on any atom is -0.487 e. The van der Waals surface area contributed by atoms with E-state index in [0.717, 1.165) is 28.0 Å². The summed E-state index contributed by atoms with van der Waals surface area (Å²) < 4.78 is 38.3. The maximum absolute atomic E-state index is 11.7. The van der Waals surface area contributed by atoms with Gasteiger partial charge in [0.15, 0.2) is 0 Å². The molecule has 0 saturated heterocycles. The molecule has 6 rings (SSSR count). The summed E-state index contributed by atoms with van der Waals surface area (Å²) in [6.07, 6.45) is 5.56. The molecule has 2 aromatic heterocycles. The van der Waals surface area contributed by atoms with Crippen LogP contribution >= 0.6 is 11.3 Å². The molecule has 6 aromatic rings. The van der Waals surface area contributed by atoms with Gasteiger partial charge in [0.25, 0.3) is 10.0 Å². The van der Waals surface area contributed by atoms with Crippen molar-refractivity contribution in [3.8, 4) is 5.75 Å². The van der Waals surface area contributed by atoms with Crippen molar-refractivity contribution in [1.29, 1.82) is 0 Å². The van der Waals surface area contributed by atoms with Crippen molar-refractivity contribution < 1.29 is 17.9 Å². The Morgan fingerprint density at radius 2 is 1.57 bits per heavy atom. The van der Waals surface area contributed by atoms with Gasteiger partial charge in [-0.15, -0.1) is 16.4 Å². The quantitative estimate of drug-likeness (QED) is 0.173. The number of thiazole rings is 1. The fourth-order valence-corrected chi connectivity index (χ4v) is 6.49. The molecule has 0 fully saturated rings. The molecule has 0 amide bonds. The third-order valence-corrected chi connectivity index (χ3v) is 9.19. The highest BCUT2D eigenvalue weighted by molar-refractivity contribution is 7.91. The van der Waals surface area contributed by atoms with Crippen molar-refractivity contribution in [3.05, 3.63) is 144 Å². The van der Waals surface area contributed by atoms with Gasteiger partial charge in [0, 0.05) is 0 Å². The first-order valence-corrected chi connectivity index (χ1v) is 16.2. The number of aromatic nitrogens is 4. The van der Waals surface area contributed by atoms with E-state index in [4.69, 9.17) is 14.6 Å². The number of fused-ring (bicyclic) bond motifs is 1. The van der Waals surface area contributed by atoms with Crippen LogP contribution in [0.5, 0.6) is 5.75 Å². The minimum absolute atomic E-state index is 0.134. The first kappa shape index (κ1) is 29.4. The van der Waals surface area contributed by atoms with Crippen molar-refractivity contribution in [2.24, 2.45) is 5.14 Å². The van der Waals surface area contributed by atoms with Gasteiger partial charge in [0.05, 0.1) is 23.0 Å². The van der Waals surface area contributed by atoms with Crippen LogP contribution in [-0.2, 0) is 21.4 Å². The van der Waals surface area contributed by atoms with Crippen LogP contribution in [0.1, 0.15) is 34.5 Å². The topological polar surface area (TPSA) is 122 Å². The molecule has 11 heteroatoms. The van der Waals surface area contributed by atoms with E-state index in [2.05, 4.69) is 39.6 Å². The van der Waals surface area contributed by atoms with Crippen molar-refractivity contribution in [3.63, 3.8) is 0 Å². The summed E-state index contributed by atoms with van der Waals surface area (Å²) in [6, 6.07) is 35.1. The summed E-state index contributed by atoms with van der Waals surface area (Å²) in [5, 5.41) is 14.1. The molecule has 222 valence electrons. The molecule has 0 spiro atoms. The zero-order valence-corrected chi connectivity index (χ0v) is 25.1. The summed E-state index contributed by atoms with van der Waals surface area (Å²) >= 11 is 0.999. The lowest BCUT2D eigenvalue weighted by molar-refractivity contribution is 0.0403. The fourth-order valence-electron chi connectivity index (χ4n) is 4.80. The van der Waals surface area contributed by atoms with Crippen LogP contribution in [-0.4, -0.2) is 35.0 Å². The molecular weight excluding hydrogens is 595 g/mol. The zero-order valence-electron chi connectivity index (χ0n) is 23.5. The molecule has 44 heavy (non-hydrogen) atoms. The zero-order chi connectivity index (χ0) is 30.4. The van der Waals surface area contributed by atoms with Crippen LogP contribution in [0.3, 0.4) is 0 Å². The van der Waals surface area contributed by atoms with E-state index in [-0.39, 0.29) is 23.1 Å². The van der Waals surface area contributed by atoms with Gasteiger partial charge in [-0.05, 0) is 34.9 Å². The highest BCUT2D eigenvalue weighted by atomic mass is 32.2. The minimum atomic E-state index is -3.88. The van der Waals surface area contributed by atoms with E-state index in [0.29, 0.717) is 28.3 Å². The lowest BCUT2D eigenvalue weighted by Gasteiger charge is -2.28. The molecule has 0 bridgehead atoms. The van der Waals surface area contributed by atoms with E-state index in [1.54, 1.807) is 18.2 Å². The van der Waals surface area contributed by atoms with Gasteiger partial charge in [0.1, 0.15) is 30.2 Å². The maximum Gasteiger partial charge on any atom is 0.265 e. The average Bonchev–Trinajstić information content (AvgIpc) is 3.70. The summed E-state index contributed by atoms with van der Waals surface area (Å²) in [6.45, 7) is 0.556. The van der Waals surface area contributed by atoms with Crippen LogP contribution in [0.4, 0.5) is 0 Å². The molecule has 4 aromatic carbocycles. The normalized spacial score (nSPS) is 13.3. The van der Waals surface area contributed by atoms with Crippen molar-refractivity contribution in [2.75, 3.05) is 6.61 Å². The van der Waals surface area contributed by atoms with E-state index < -0.39 is 10.0 Å². The Morgan fingerprint density at radius 1 is 0.886 bits per heavy atom.